The van der Waals surface area contributed by atoms with E-state index in [-0.39, 0.29) is 39.8 Å². The summed E-state index contributed by atoms with van der Waals surface area (Å²) in [5.74, 6) is -1.48. The van der Waals surface area contributed by atoms with Crippen LogP contribution in [-0.2, 0) is 9.59 Å². The van der Waals surface area contributed by atoms with E-state index in [1.807, 2.05) is 0 Å². The van der Waals surface area contributed by atoms with E-state index in [1.165, 1.54) is 12.1 Å². The van der Waals surface area contributed by atoms with Crippen LogP contribution in [-0.4, -0.2) is 25.0 Å². The molecule has 1 heterocycles. The van der Waals surface area contributed by atoms with Crippen LogP contribution in [0.4, 0.5) is 14.5 Å². The van der Waals surface area contributed by atoms with Crippen LogP contribution in [0.2, 0.25) is 5.02 Å². The maximum atomic E-state index is 12.4. The van der Waals surface area contributed by atoms with E-state index in [0.29, 0.717) is 0 Å². The Balaban J connectivity index is 2.21. The summed E-state index contributed by atoms with van der Waals surface area (Å²) < 4.78 is 29.4. The summed E-state index contributed by atoms with van der Waals surface area (Å²) in [6.07, 6.45) is 0.0542. The largest absolute Gasteiger partial charge is 0.431 e. The lowest BCUT2D eigenvalue weighted by molar-refractivity contribution is -0.123. The molecule has 2 N–H and O–H groups in total. The Morgan fingerprint density at radius 2 is 2.24 bits per heavy atom. The molecule has 1 aliphatic rings. The first-order valence-electron chi connectivity index (χ1n) is 5.88. The van der Waals surface area contributed by atoms with Crippen molar-refractivity contribution >= 4 is 45.0 Å². The van der Waals surface area contributed by atoms with Crippen molar-refractivity contribution in [2.75, 3.05) is 11.9 Å². The summed E-state index contributed by atoms with van der Waals surface area (Å²) in [6.45, 7) is -2.84. The molecule has 0 radical (unpaired) electrons. The number of anilines is 1. The zero-order valence-electron chi connectivity index (χ0n) is 10.5. The van der Waals surface area contributed by atoms with Crippen molar-refractivity contribution in [2.24, 2.45) is 5.92 Å². The van der Waals surface area contributed by atoms with E-state index in [0.717, 1.165) is 0 Å². The molecule has 1 unspecified atom stereocenters. The van der Waals surface area contributed by atoms with Gasteiger partial charge in [-0.05, 0) is 28.1 Å². The van der Waals surface area contributed by atoms with Crippen molar-refractivity contribution in [3.05, 3.63) is 21.6 Å². The van der Waals surface area contributed by atoms with Gasteiger partial charge < -0.3 is 15.4 Å². The zero-order valence-corrected chi connectivity index (χ0v) is 12.8. The van der Waals surface area contributed by atoms with Crippen molar-refractivity contribution in [3.8, 4) is 5.75 Å². The standard InChI is InChI=1S/C12H10BrClF2N2O3/c13-7-2-6(14)3-8(10(7)21-12(15)16)18-11(20)5-1-9(19)17-4-5/h2-3,5,12H,1,4H2,(H,17,19)(H,18,20). The SMILES string of the molecule is O=C1CC(C(=O)Nc2cc(Cl)cc(Br)c2OC(F)F)CN1. The summed E-state index contributed by atoms with van der Waals surface area (Å²) in [5, 5.41) is 5.21. The lowest BCUT2D eigenvalue weighted by atomic mass is 10.1. The maximum absolute atomic E-state index is 12.4. The van der Waals surface area contributed by atoms with Crippen LogP contribution in [0.5, 0.6) is 5.75 Å². The second-order valence-corrected chi connectivity index (χ2v) is 5.63. The normalized spacial score (nSPS) is 17.8. The molecule has 1 saturated heterocycles. The van der Waals surface area contributed by atoms with Gasteiger partial charge in [0.1, 0.15) is 0 Å². The molecule has 114 valence electrons. The van der Waals surface area contributed by atoms with E-state index in [2.05, 4.69) is 31.3 Å². The van der Waals surface area contributed by atoms with Crippen LogP contribution in [0, 0.1) is 5.92 Å². The maximum Gasteiger partial charge on any atom is 0.387 e. The first-order valence-corrected chi connectivity index (χ1v) is 7.05. The van der Waals surface area contributed by atoms with E-state index < -0.39 is 18.4 Å². The summed E-state index contributed by atoms with van der Waals surface area (Å²) in [5.41, 5.74) is 0.0130. The second kappa shape index (κ2) is 6.57. The monoisotopic (exact) mass is 382 g/mol. The summed E-state index contributed by atoms with van der Waals surface area (Å²) in [4.78, 5) is 23.1. The van der Waals surface area contributed by atoms with Crippen LogP contribution in [0.25, 0.3) is 0 Å². The van der Waals surface area contributed by atoms with Gasteiger partial charge in [-0.1, -0.05) is 11.6 Å². The molecule has 0 bridgehead atoms. The van der Waals surface area contributed by atoms with Gasteiger partial charge in [-0.25, -0.2) is 0 Å². The van der Waals surface area contributed by atoms with Crippen molar-refractivity contribution in [2.45, 2.75) is 13.0 Å². The number of amides is 2. The smallest absolute Gasteiger partial charge is 0.387 e. The van der Waals surface area contributed by atoms with Crippen molar-refractivity contribution < 1.29 is 23.1 Å². The summed E-state index contributed by atoms with van der Waals surface area (Å²) >= 11 is 8.88. The first-order chi connectivity index (χ1) is 9.86. The van der Waals surface area contributed by atoms with Gasteiger partial charge in [0.2, 0.25) is 11.8 Å². The van der Waals surface area contributed by atoms with E-state index in [9.17, 15) is 18.4 Å². The Hall–Kier alpha value is -1.41. The van der Waals surface area contributed by atoms with Crippen molar-refractivity contribution in [1.29, 1.82) is 0 Å². The van der Waals surface area contributed by atoms with Gasteiger partial charge in [0, 0.05) is 18.0 Å². The highest BCUT2D eigenvalue weighted by Gasteiger charge is 2.29. The van der Waals surface area contributed by atoms with Crippen molar-refractivity contribution in [1.82, 2.24) is 5.32 Å². The molecule has 0 saturated carbocycles. The van der Waals surface area contributed by atoms with E-state index in [1.54, 1.807) is 0 Å². The van der Waals surface area contributed by atoms with Crippen LogP contribution in [0.3, 0.4) is 0 Å². The number of benzene rings is 1. The number of hydrogen-bond donors (Lipinski definition) is 2. The van der Waals surface area contributed by atoms with Gasteiger partial charge in [-0.2, -0.15) is 8.78 Å². The minimum Gasteiger partial charge on any atom is -0.431 e. The summed E-state index contributed by atoms with van der Waals surface area (Å²) in [7, 11) is 0. The van der Waals surface area contributed by atoms with Gasteiger partial charge in [0.15, 0.2) is 5.75 Å². The highest BCUT2D eigenvalue weighted by Crippen LogP contribution is 2.37. The Bertz CT molecular complexity index is 586. The number of carbonyl (C=O) groups is 2. The Kier molecular flexibility index (Phi) is 5.00. The number of hydrogen-bond acceptors (Lipinski definition) is 3. The highest BCUT2D eigenvalue weighted by molar-refractivity contribution is 9.10. The minimum absolute atomic E-state index is 0.0130. The van der Waals surface area contributed by atoms with Gasteiger partial charge in [0.25, 0.3) is 0 Å². The molecular formula is C12H10BrClF2N2O3. The van der Waals surface area contributed by atoms with Gasteiger partial charge >= 0.3 is 6.61 Å². The van der Waals surface area contributed by atoms with E-state index >= 15 is 0 Å². The molecule has 2 amide bonds. The molecular weight excluding hydrogens is 373 g/mol. The fraction of sp³-hybridized carbons (Fsp3) is 0.333. The molecule has 1 fully saturated rings. The third kappa shape index (κ3) is 4.04. The Morgan fingerprint density at radius 3 is 2.81 bits per heavy atom. The molecule has 5 nitrogen and oxygen atoms in total. The van der Waals surface area contributed by atoms with Gasteiger partial charge in [-0.15, -0.1) is 0 Å². The third-order valence-electron chi connectivity index (χ3n) is 2.82. The molecule has 21 heavy (non-hydrogen) atoms. The Morgan fingerprint density at radius 1 is 1.52 bits per heavy atom. The molecule has 0 aromatic heterocycles. The van der Waals surface area contributed by atoms with Crippen LogP contribution in [0.1, 0.15) is 6.42 Å². The molecule has 1 aromatic carbocycles. The quantitative estimate of drug-likeness (QED) is 0.840. The number of carbonyl (C=O) groups excluding carboxylic acids is 2. The molecule has 9 heteroatoms. The second-order valence-electron chi connectivity index (χ2n) is 4.34. The molecule has 1 aliphatic heterocycles. The van der Waals surface area contributed by atoms with Gasteiger partial charge in [-0.3, -0.25) is 9.59 Å². The number of halogens is 4. The number of nitrogens with one attached hydrogen (secondary N) is 2. The van der Waals surface area contributed by atoms with Gasteiger partial charge in [0.05, 0.1) is 16.1 Å². The average Bonchev–Trinajstić information content (AvgIpc) is 2.80. The topological polar surface area (TPSA) is 67.4 Å². The van der Waals surface area contributed by atoms with Crippen LogP contribution in [0.15, 0.2) is 16.6 Å². The summed E-state index contributed by atoms with van der Waals surface area (Å²) in [6, 6.07) is 2.67. The zero-order chi connectivity index (χ0) is 15.6. The lowest BCUT2D eigenvalue weighted by Gasteiger charge is -2.15. The number of rotatable bonds is 4. The Labute approximate surface area is 132 Å². The average molecular weight is 384 g/mol. The molecule has 1 aromatic rings. The fourth-order valence-corrected chi connectivity index (χ4v) is 2.79. The number of alkyl halides is 2. The minimum atomic E-state index is -3.05. The molecule has 2 rings (SSSR count). The third-order valence-corrected chi connectivity index (χ3v) is 3.63. The van der Waals surface area contributed by atoms with E-state index in [4.69, 9.17) is 11.6 Å². The molecule has 1 atom stereocenters. The highest BCUT2D eigenvalue weighted by atomic mass is 79.9. The molecule has 0 spiro atoms. The first kappa shape index (κ1) is 16.0. The lowest BCUT2D eigenvalue weighted by Crippen LogP contribution is -2.25. The van der Waals surface area contributed by atoms with Crippen LogP contribution < -0.4 is 15.4 Å². The fourth-order valence-electron chi connectivity index (χ4n) is 1.89. The predicted octanol–water partition coefficient (Wildman–Crippen LogP) is 2.78. The van der Waals surface area contributed by atoms with Crippen LogP contribution >= 0.6 is 27.5 Å². The molecule has 0 aliphatic carbocycles. The predicted molar refractivity (Wildman–Crippen MR) is 75.5 cm³/mol. The van der Waals surface area contributed by atoms with Crippen molar-refractivity contribution in [3.63, 3.8) is 0 Å². The number of ether oxygens (including phenoxy) is 1.